The second-order valence-corrected chi connectivity index (χ2v) is 6.15. The molecule has 1 saturated heterocycles. The lowest BCUT2D eigenvalue weighted by Crippen LogP contribution is -2.49. The van der Waals surface area contributed by atoms with E-state index >= 15 is 0 Å². The standard InChI is InChI=1S/C16H27N3O/c1-5-13-11-14(19(6-2)17-13)12-15(20)16(3,4)18-9-7-8-10-18/h11H,5-10,12H2,1-4H3. The first-order valence-corrected chi connectivity index (χ1v) is 7.83. The van der Waals surface area contributed by atoms with Crippen LogP contribution in [-0.2, 0) is 24.2 Å². The van der Waals surface area contributed by atoms with Gasteiger partial charge in [-0.1, -0.05) is 6.92 Å². The summed E-state index contributed by atoms with van der Waals surface area (Å²) in [5.74, 6) is 0.302. The summed E-state index contributed by atoms with van der Waals surface area (Å²) in [6.07, 6.45) is 3.83. The van der Waals surface area contributed by atoms with Gasteiger partial charge in [0, 0.05) is 12.2 Å². The topological polar surface area (TPSA) is 38.1 Å². The van der Waals surface area contributed by atoms with Crippen molar-refractivity contribution in [2.24, 2.45) is 0 Å². The summed E-state index contributed by atoms with van der Waals surface area (Å²) < 4.78 is 1.97. The van der Waals surface area contributed by atoms with Crippen LogP contribution in [0.1, 0.15) is 51.9 Å². The normalized spacial score (nSPS) is 16.8. The lowest BCUT2D eigenvalue weighted by Gasteiger charge is -2.33. The SMILES string of the molecule is CCc1cc(CC(=O)C(C)(C)N2CCCC2)n(CC)n1. The van der Waals surface area contributed by atoms with Gasteiger partial charge in [0.2, 0.25) is 0 Å². The molecular formula is C16H27N3O. The lowest BCUT2D eigenvalue weighted by atomic mass is 9.93. The molecule has 112 valence electrons. The summed E-state index contributed by atoms with van der Waals surface area (Å²) in [4.78, 5) is 15.0. The number of Topliss-reactive ketones (excluding diaryl/α,β-unsaturated/α-hetero) is 1. The number of aryl methyl sites for hydroxylation is 2. The minimum atomic E-state index is -0.355. The number of aromatic nitrogens is 2. The van der Waals surface area contributed by atoms with Gasteiger partial charge in [0.05, 0.1) is 17.7 Å². The lowest BCUT2D eigenvalue weighted by molar-refractivity contribution is -0.128. The maximum absolute atomic E-state index is 12.7. The molecule has 4 nitrogen and oxygen atoms in total. The summed E-state index contributed by atoms with van der Waals surface area (Å²) in [5, 5.41) is 4.53. The van der Waals surface area contributed by atoms with Gasteiger partial charge in [-0.15, -0.1) is 0 Å². The Hall–Kier alpha value is -1.16. The molecule has 4 heteroatoms. The molecule has 0 N–H and O–H groups in total. The largest absolute Gasteiger partial charge is 0.297 e. The van der Waals surface area contributed by atoms with Gasteiger partial charge < -0.3 is 0 Å². The highest BCUT2D eigenvalue weighted by Crippen LogP contribution is 2.23. The molecule has 0 aromatic carbocycles. The average molecular weight is 277 g/mol. The van der Waals surface area contributed by atoms with Gasteiger partial charge in [-0.25, -0.2) is 0 Å². The number of carbonyl (C=O) groups is 1. The van der Waals surface area contributed by atoms with Crippen molar-refractivity contribution >= 4 is 5.78 Å². The van der Waals surface area contributed by atoms with E-state index in [9.17, 15) is 4.79 Å². The fraction of sp³-hybridized carbons (Fsp3) is 0.750. The van der Waals surface area contributed by atoms with Crippen molar-refractivity contribution in [3.8, 4) is 0 Å². The third-order valence-electron chi connectivity index (χ3n) is 4.50. The number of nitrogens with zero attached hydrogens (tertiary/aromatic N) is 3. The Morgan fingerprint density at radius 3 is 2.50 bits per heavy atom. The second-order valence-electron chi connectivity index (χ2n) is 6.15. The third-order valence-corrected chi connectivity index (χ3v) is 4.50. The van der Waals surface area contributed by atoms with Crippen LogP contribution in [0, 0.1) is 0 Å². The van der Waals surface area contributed by atoms with Crippen molar-refractivity contribution in [2.75, 3.05) is 13.1 Å². The number of hydrogen-bond acceptors (Lipinski definition) is 3. The van der Waals surface area contributed by atoms with Crippen LogP contribution < -0.4 is 0 Å². The number of rotatable bonds is 6. The minimum absolute atomic E-state index is 0.302. The fourth-order valence-electron chi connectivity index (χ4n) is 2.94. The summed E-state index contributed by atoms with van der Waals surface area (Å²) in [5.41, 5.74) is 1.78. The molecule has 0 radical (unpaired) electrons. The predicted octanol–water partition coefficient (Wildman–Crippen LogP) is 2.45. The average Bonchev–Trinajstić information content (AvgIpc) is 3.07. The molecule has 2 heterocycles. The Balaban J connectivity index is 2.12. The molecule has 0 amide bonds. The molecule has 2 rings (SSSR count). The van der Waals surface area contributed by atoms with E-state index in [4.69, 9.17) is 0 Å². The minimum Gasteiger partial charge on any atom is -0.297 e. The third kappa shape index (κ3) is 2.95. The van der Waals surface area contributed by atoms with Gasteiger partial charge >= 0.3 is 0 Å². The van der Waals surface area contributed by atoms with Crippen LogP contribution in [-0.4, -0.2) is 39.1 Å². The van der Waals surface area contributed by atoms with E-state index in [1.165, 1.54) is 12.8 Å². The molecule has 1 aliphatic heterocycles. The van der Waals surface area contributed by atoms with Crippen LogP contribution in [0.2, 0.25) is 0 Å². The monoisotopic (exact) mass is 277 g/mol. The highest BCUT2D eigenvalue weighted by Gasteiger charge is 2.35. The summed E-state index contributed by atoms with van der Waals surface area (Å²) in [6, 6.07) is 2.08. The van der Waals surface area contributed by atoms with Gasteiger partial charge in [-0.05, 0) is 59.2 Å². The smallest absolute Gasteiger partial charge is 0.158 e. The Labute approximate surface area is 122 Å². The van der Waals surface area contributed by atoms with Crippen molar-refractivity contribution < 1.29 is 4.79 Å². The van der Waals surface area contributed by atoms with Crippen molar-refractivity contribution in [2.45, 2.75) is 65.5 Å². The Morgan fingerprint density at radius 1 is 1.30 bits per heavy atom. The van der Waals surface area contributed by atoms with Gasteiger partial charge in [0.15, 0.2) is 5.78 Å². The van der Waals surface area contributed by atoms with E-state index < -0.39 is 0 Å². The van der Waals surface area contributed by atoms with Crippen LogP contribution >= 0.6 is 0 Å². The van der Waals surface area contributed by atoms with Crippen LogP contribution in [0.4, 0.5) is 0 Å². The summed E-state index contributed by atoms with van der Waals surface area (Å²) >= 11 is 0. The summed E-state index contributed by atoms with van der Waals surface area (Å²) in [7, 11) is 0. The van der Waals surface area contributed by atoms with Crippen LogP contribution in [0.5, 0.6) is 0 Å². The van der Waals surface area contributed by atoms with E-state index in [1.54, 1.807) is 0 Å². The van der Waals surface area contributed by atoms with Crippen molar-refractivity contribution in [1.29, 1.82) is 0 Å². The highest BCUT2D eigenvalue weighted by molar-refractivity contribution is 5.89. The second kappa shape index (κ2) is 6.08. The Bertz CT molecular complexity index is 470. The molecular weight excluding hydrogens is 250 g/mol. The maximum atomic E-state index is 12.7. The van der Waals surface area contributed by atoms with E-state index in [0.29, 0.717) is 12.2 Å². The molecule has 0 saturated carbocycles. The molecule has 20 heavy (non-hydrogen) atoms. The zero-order valence-electron chi connectivity index (χ0n) is 13.3. The Kier molecular flexibility index (Phi) is 4.63. The van der Waals surface area contributed by atoms with Gasteiger partial charge in [0.1, 0.15) is 0 Å². The summed E-state index contributed by atoms with van der Waals surface area (Å²) in [6.45, 7) is 11.2. The molecule has 1 fully saturated rings. The molecule has 0 aliphatic carbocycles. The number of likely N-dealkylation sites (tertiary alicyclic amines) is 1. The van der Waals surface area contributed by atoms with Crippen LogP contribution in [0.3, 0.4) is 0 Å². The van der Waals surface area contributed by atoms with E-state index in [2.05, 4.69) is 43.8 Å². The quantitative estimate of drug-likeness (QED) is 0.801. The van der Waals surface area contributed by atoms with Crippen LogP contribution in [0.25, 0.3) is 0 Å². The van der Waals surface area contributed by atoms with Crippen molar-refractivity contribution in [3.63, 3.8) is 0 Å². The molecule has 0 unspecified atom stereocenters. The molecule has 1 aliphatic rings. The van der Waals surface area contributed by atoms with E-state index in [0.717, 1.165) is 37.4 Å². The molecule has 1 aromatic rings. The van der Waals surface area contributed by atoms with E-state index in [-0.39, 0.29) is 5.54 Å². The molecule has 0 atom stereocenters. The molecule has 0 spiro atoms. The first-order valence-electron chi connectivity index (χ1n) is 7.83. The first kappa shape index (κ1) is 15.2. The zero-order chi connectivity index (χ0) is 14.8. The maximum Gasteiger partial charge on any atom is 0.158 e. The Morgan fingerprint density at radius 2 is 1.95 bits per heavy atom. The zero-order valence-corrected chi connectivity index (χ0v) is 13.3. The number of hydrogen-bond donors (Lipinski definition) is 0. The fourth-order valence-corrected chi connectivity index (χ4v) is 2.94. The van der Waals surface area contributed by atoms with Gasteiger partial charge in [-0.3, -0.25) is 14.4 Å². The van der Waals surface area contributed by atoms with Crippen molar-refractivity contribution in [3.05, 3.63) is 17.5 Å². The van der Waals surface area contributed by atoms with Gasteiger partial charge in [0.25, 0.3) is 0 Å². The van der Waals surface area contributed by atoms with Crippen LogP contribution in [0.15, 0.2) is 6.07 Å². The highest BCUT2D eigenvalue weighted by atomic mass is 16.1. The molecule has 0 bridgehead atoms. The first-order chi connectivity index (χ1) is 9.48. The van der Waals surface area contributed by atoms with Crippen molar-refractivity contribution in [1.82, 2.24) is 14.7 Å². The van der Waals surface area contributed by atoms with E-state index in [1.807, 2.05) is 4.68 Å². The number of carbonyl (C=O) groups excluding carboxylic acids is 1. The molecule has 1 aromatic heterocycles. The number of ketones is 1. The van der Waals surface area contributed by atoms with Gasteiger partial charge in [-0.2, -0.15) is 5.10 Å². The predicted molar refractivity (Wildman–Crippen MR) is 80.9 cm³/mol.